The number of carbonyl (C=O) groups is 1. The monoisotopic (exact) mass is 301 g/mol. The van der Waals surface area contributed by atoms with Crippen molar-refractivity contribution < 1.29 is 9.53 Å². The van der Waals surface area contributed by atoms with E-state index in [-0.39, 0.29) is 11.9 Å². The molecule has 1 aliphatic carbocycles. The summed E-state index contributed by atoms with van der Waals surface area (Å²) in [7, 11) is 1.77. The second-order valence-electron chi connectivity index (χ2n) is 6.27. The highest BCUT2D eigenvalue weighted by Crippen LogP contribution is 2.27. The van der Waals surface area contributed by atoms with Crippen LogP contribution in [0.3, 0.4) is 0 Å². The van der Waals surface area contributed by atoms with Gasteiger partial charge in [0.1, 0.15) is 0 Å². The molecule has 22 heavy (non-hydrogen) atoms. The third kappa shape index (κ3) is 3.98. The van der Waals surface area contributed by atoms with Crippen molar-refractivity contribution in [3.63, 3.8) is 0 Å². The van der Waals surface area contributed by atoms with Crippen molar-refractivity contribution in [2.24, 2.45) is 0 Å². The molecule has 1 saturated carbocycles. The van der Waals surface area contributed by atoms with Crippen LogP contribution in [0.4, 0.5) is 0 Å². The molecule has 1 aliphatic rings. The van der Waals surface area contributed by atoms with Crippen LogP contribution >= 0.6 is 0 Å². The van der Waals surface area contributed by atoms with E-state index in [0.717, 1.165) is 25.7 Å². The fraction of sp³-hybridized carbons (Fsp3) is 0.526. The molecule has 1 aromatic carbocycles. The Labute approximate surface area is 134 Å². The molecule has 1 amide bonds. The lowest BCUT2D eigenvalue weighted by molar-refractivity contribution is -0.130. The first-order valence-electron chi connectivity index (χ1n) is 8.07. The summed E-state index contributed by atoms with van der Waals surface area (Å²) in [6.45, 7) is 8.54. The number of ether oxygens (including phenoxy) is 1. The van der Waals surface area contributed by atoms with Gasteiger partial charge < -0.3 is 9.64 Å². The summed E-state index contributed by atoms with van der Waals surface area (Å²) in [4.78, 5) is 14.3. The highest BCUT2D eigenvalue weighted by Gasteiger charge is 2.28. The third-order valence-corrected chi connectivity index (χ3v) is 4.71. The smallest absolute Gasteiger partial charge is 0.246 e. The molecule has 0 N–H and O–H groups in total. The number of hydrogen-bond acceptors (Lipinski definition) is 2. The number of hydrogen-bond donors (Lipinski definition) is 0. The Kier molecular flexibility index (Phi) is 5.78. The van der Waals surface area contributed by atoms with Crippen LogP contribution < -0.4 is 0 Å². The van der Waals surface area contributed by atoms with Crippen LogP contribution in [-0.2, 0) is 16.1 Å². The number of carbonyl (C=O) groups excluding carboxylic acids is 1. The largest absolute Gasteiger partial charge is 0.381 e. The van der Waals surface area contributed by atoms with E-state index < -0.39 is 0 Å². The molecule has 0 atom stereocenters. The first-order chi connectivity index (χ1) is 10.5. The van der Waals surface area contributed by atoms with Crippen molar-refractivity contribution in [3.8, 4) is 0 Å². The molecule has 0 saturated heterocycles. The van der Waals surface area contributed by atoms with Crippen molar-refractivity contribution in [2.45, 2.75) is 58.2 Å². The van der Waals surface area contributed by atoms with Crippen molar-refractivity contribution in [1.29, 1.82) is 0 Å². The van der Waals surface area contributed by atoms with E-state index in [1.807, 2.05) is 4.90 Å². The van der Waals surface area contributed by atoms with Crippen molar-refractivity contribution in [2.75, 3.05) is 7.11 Å². The second-order valence-corrected chi connectivity index (χ2v) is 6.27. The van der Waals surface area contributed by atoms with Gasteiger partial charge in [-0.1, -0.05) is 30.3 Å². The predicted octanol–water partition coefficient (Wildman–Crippen LogP) is 3.78. The summed E-state index contributed by atoms with van der Waals surface area (Å²) in [5.74, 6) is 0.0286. The molecule has 0 radical (unpaired) electrons. The van der Waals surface area contributed by atoms with E-state index >= 15 is 0 Å². The van der Waals surface area contributed by atoms with Crippen molar-refractivity contribution in [1.82, 2.24) is 4.90 Å². The van der Waals surface area contributed by atoms with Gasteiger partial charge in [-0.25, -0.2) is 0 Å². The molecule has 0 bridgehead atoms. The maximum Gasteiger partial charge on any atom is 0.246 e. The Balaban J connectivity index is 2.13. The minimum atomic E-state index is 0.0286. The number of rotatable bonds is 5. The molecule has 0 heterocycles. The lowest BCUT2D eigenvalue weighted by Gasteiger charge is -2.36. The van der Waals surface area contributed by atoms with E-state index in [1.165, 1.54) is 22.8 Å². The van der Waals surface area contributed by atoms with Crippen LogP contribution in [-0.4, -0.2) is 30.1 Å². The summed E-state index contributed by atoms with van der Waals surface area (Å²) in [5.41, 5.74) is 3.71. The molecule has 3 nitrogen and oxygen atoms in total. The minimum Gasteiger partial charge on any atom is -0.381 e. The summed E-state index contributed by atoms with van der Waals surface area (Å²) >= 11 is 0. The normalized spacial score (nSPS) is 21.4. The molecule has 120 valence electrons. The van der Waals surface area contributed by atoms with Gasteiger partial charge in [0.2, 0.25) is 5.91 Å². The first kappa shape index (κ1) is 16.8. The first-order valence-corrected chi connectivity index (χ1v) is 8.07. The maximum atomic E-state index is 12.3. The highest BCUT2D eigenvalue weighted by molar-refractivity contribution is 5.87. The summed E-state index contributed by atoms with van der Waals surface area (Å²) < 4.78 is 5.43. The fourth-order valence-corrected chi connectivity index (χ4v) is 3.30. The SMILES string of the molecule is C=CC(=O)N(Cc1ccc(C)cc1C)C1CCC(OC)CC1. The van der Waals surface area contributed by atoms with E-state index in [4.69, 9.17) is 4.74 Å². The molecular weight excluding hydrogens is 274 g/mol. The van der Waals surface area contributed by atoms with Gasteiger partial charge in [0, 0.05) is 19.7 Å². The Bertz CT molecular complexity index is 530. The standard InChI is InChI=1S/C19H27NO2/c1-5-19(21)20(17-8-10-18(22-4)11-9-17)13-16-7-6-14(2)12-15(16)3/h5-7,12,17-18H,1,8-11,13H2,2-4H3. The molecule has 2 rings (SSSR count). The van der Waals surface area contributed by atoms with E-state index in [0.29, 0.717) is 12.6 Å². The molecule has 3 heteroatoms. The topological polar surface area (TPSA) is 29.5 Å². The Morgan fingerprint density at radius 1 is 1.32 bits per heavy atom. The van der Waals surface area contributed by atoms with Crippen LogP contribution in [0.5, 0.6) is 0 Å². The van der Waals surface area contributed by atoms with Crippen LogP contribution in [0.15, 0.2) is 30.9 Å². The molecule has 1 aromatic rings. The average molecular weight is 301 g/mol. The average Bonchev–Trinajstić information content (AvgIpc) is 2.53. The quantitative estimate of drug-likeness (QED) is 0.775. The van der Waals surface area contributed by atoms with Gasteiger partial charge in [0.15, 0.2) is 0 Å². The number of methoxy groups -OCH3 is 1. The molecule has 0 aliphatic heterocycles. The number of amides is 1. The third-order valence-electron chi connectivity index (χ3n) is 4.71. The van der Waals surface area contributed by atoms with Crippen LogP contribution in [0, 0.1) is 13.8 Å². The van der Waals surface area contributed by atoms with Gasteiger partial charge in [0.25, 0.3) is 0 Å². The predicted molar refractivity (Wildman–Crippen MR) is 89.7 cm³/mol. The fourth-order valence-electron chi connectivity index (χ4n) is 3.30. The van der Waals surface area contributed by atoms with Gasteiger partial charge in [-0.05, 0) is 56.7 Å². The number of benzene rings is 1. The zero-order valence-corrected chi connectivity index (χ0v) is 14.0. The number of nitrogens with zero attached hydrogens (tertiary/aromatic N) is 1. The van der Waals surface area contributed by atoms with E-state index in [9.17, 15) is 4.79 Å². The molecule has 0 unspecified atom stereocenters. The molecule has 0 spiro atoms. The summed E-state index contributed by atoms with van der Waals surface area (Å²) in [6, 6.07) is 6.71. The summed E-state index contributed by atoms with van der Waals surface area (Å²) in [5, 5.41) is 0. The number of aryl methyl sites for hydroxylation is 2. The Morgan fingerprint density at radius 3 is 2.55 bits per heavy atom. The van der Waals surface area contributed by atoms with Gasteiger partial charge in [0.05, 0.1) is 6.10 Å². The van der Waals surface area contributed by atoms with Gasteiger partial charge in [-0.2, -0.15) is 0 Å². The second kappa shape index (κ2) is 7.59. The van der Waals surface area contributed by atoms with E-state index in [1.54, 1.807) is 7.11 Å². The molecule has 1 fully saturated rings. The van der Waals surface area contributed by atoms with Gasteiger partial charge >= 0.3 is 0 Å². The minimum absolute atomic E-state index is 0.0286. The Morgan fingerprint density at radius 2 is 2.00 bits per heavy atom. The van der Waals surface area contributed by atoms with Gasteiger partial charge in [-0.3, -0.25) is 4.79 Å². The van der Waals surface area contributed by atoms with Crippen LogP contribution in [0.1, 0.15) is 42.4 Å². The zero-order valence-electron chi connectivity index (χ0n) is 14.0. The Hall–Kier alpha value is -1.61. The van der Waals surface area contributed by atoms with Crippen LogP contribution in [0.2, 0.25) is 0 Å². The zero-order chi connectivity index (χ0) is 16.1. The molecular formula is C19H27NO2. The molecule has 0 aromatic heterocycles. The maximum absolute atomic E-state index is 12.3. The lowest BCUT2D eigenvalue weighted by atomic mass is 9.91. The highest BCUT2D eigenvalue weighted by atomic mass is 16.5. The van der Waals surface area contributed by atoms with Gasteiger partial charge in [-0.15, -0.1) is 0 Å². The lowest BCUT2D eigenvalue weighted by Crippen LogP contribution is -2.42. The van der Waals surface area contributed by atoms with Crippen molar-refractivity contribution >= 4 is 5.91 Å². The van der Waals surface area contributed by atoms with E-state index in [2.05, 4.69) is 38.6 Å². The summed E-state index contributed by atoms with van der Waals surface area (Å²) in [6.07, 6.45) is 5.83. The van der Waals surface area contributed by atoms with Crippen LogP contribution in [0.25, 0.3) is 0 Å². The van der Waals surface area contributed by atoms with Crippen molar-refractivity contribution in [3.05, 3.63) is 47.5 Å².